The quantitative estimate of drug-likeness (QED) is 0.446. The average Bonchev–Trinajstić information content (AvgIpc) is 2.67. The van der Waals surface area contributed by atoms with E-state index in [0.717, 1.165) is 0 Å². The third kappa shape index (κ3) is 1.35. The molecule has 0 bridgehead atoms. The smallest absolute Gasteiger partial charge is 0.358 e. The first-order valence-electron chi connectivity index (χ1n) is 4.79. The van der Waals surface area contributed by atoms with Gasteiger partial charge in [-0.2, -0.15) is 0 Å². The van der Waals surface area contributed by atoms with Crippen LogP contribution < -0.4 is 0 Å². The van der Waals surface area contributed by atoms with E-state index >= 15 is 0 Å². The standard InChI is InChI=1S/C10H9N3O3/c1-2-9-11-10(13(15)16)8-5-3-4-7(6-14)12(8)9/h3-6H,2H2,1H3. The monoisotopic (exact) mass is 219 g/mol. The zero-order valence-corrected chi connectivity index (χ0v) is 8.58. The number of aryl methyl sites for hydroxylation is 1. The van der Waals surface area contributed by atoms with Crippen molar-refractivity contribution >= 4 is 17.6 Å². The number of nitrogens with zero attached hydrogens (tertiary/aromatic N) is 3. The van der Waals surface area contributed by atoms with Crippen LogP contribution in [0.4, 0.5) is 5.82 Å². The van der Waals surface area contributed by atoms with Gasteiger partial charge in [0, 0.05) is 6.42 Å². The minimum atomic E-state index is -0.539. The van der Waals surface area contributed by atoms with Crippen LogP contribution in [0.3, 0.4) is 0 Å². The molecule has 16 heavy (non-hydrogen) atoms. The lowest BCUT2D eigenvalue weighted by Gasteiger charge is -1.98. The number of nitro groups is 1. The van der Waals surface area contributed by atoms with Gasteiger partial charge in [0.25, 0.3) is 0 Å². The summed E-state index contributed by atoms with van der Waals surface area (Å²) in [6.07, 6.45) is 1.19. The van der Waals surface area contributed by atoms with Gasteiger partial charge in [-0.1, -0.05) is 13.0 Å². The Labute approximate surface area is 90.7 Å². The number of pyridine rings is 1. The Morgan fingerprint density at radius 3 is 2.88 bits per heavy atom. The van der Waals surface area contributed by atoms with E-state index in [1.54, 1.807) is 18.2 Å². The second kappa shape index (κ2) is 3.73. The van der Waals surface area contributed by atoms with Crippen molar-refractivity contribution in [1.82, 2.24) is 9.38 Å². The van der Waals surface area contributed by atoms with Gasteiger partial charge in [0.05, 0.1) is 5.69 Å². The molecule has 2 aromatic heterocycles. The zero-order chi connectivity index (χ0) is 11.7. The van der Waals surface area contributed by atoms with Crippen molar-refractivity contribution in [3.05, 3.63) is 39.8 Å². The first kappa shape index (κ1) is 10.3. The molecule has 0 aliphatic heterocycles. The van der Waals surface area contributed by atoms with Crippen molar-refractivity contribution in [2.24, 2.45) is 0 Å². The Morgan fingerprint density at radius 2 is 2.31 bits per heavy atom. The van der Waals surface area contributed by atoms with E-state index in [-0.39, 0.29) is 5.82 Å². The molecule has 0 saturated carbocycles. The fraction of sp³-hybridized carbons (Fsp3) is 0.200. The van der Waals surface area contributed by atoms with Crippen LogP contribution in [0.15, 0.2) is 18.2 Å². The normalized spacial score (nSPS) is 10.6. The van der Waals surface area contributed by atoms with Gasteiger partial charge in [-0.25, -0.2) is 0 Å². The largest absolute Gasteiger partial charge is 0.389 e. The molecule has 0 saturated heterocycles. The molecule has 0 spiro atoms. The van der Waals surface area contributed by atoms with Crippen LogP contribution in [0, 0.1) is 10.1 Å². The third-order valence-electron chi connectivity index (χ3n) is 2.35. The van der Waals surface area contributed by atoms with E-state index in [0.29, 0.717) is 29.7 Å². The highest BCUT2D eigenvalue weighted by Crippen LogP contribution is 2.21. The van der Waals surface area contributed by atoms with Gasteiger partial charge in [-0.05, 0) is 22.0 Å². The van der Waals surface area contributed by atoms with Crippen LogP contribution in [0.25, 0.3) is 5.52 Å². The van der Waals surface area contributed by atoms with E-state index in [4.69, 9.17) is 0 Å². The Bertz CT molecular complexity index is 574. The highest BCUT2D eigenvalue weighted by Gasteiger charge is 2.22. The van der Waals surface area contributed by atoms with Crippen LogP contribution >= 0.6 is 0 Å². The number of fused-ring (bicyclic) bond motifs is 1. The average molecular weight is 219 g/mol. The van der Waals surface area contributed by atoms with Gasteiger partial charge in [0.1, 0.15) is 5.52 Å². The van der Waals surface area contributed by atoms with Gasteiger partial charge in [-0.15, -0.1) is 0 Å². The fourth-order valence-corrected chi connectivity index (χ4v) is 1.68. The Kier molecular flexibility index (Phi) is 2.40. The first-order valence-corrected chi connectivity index (χ1v) is 4.79. The summed E-state index contributed by atoms with van der Waals surface area (Å²) in [4.78, 5) is 25.0. The highest BCUT2D eigenvalue weighted by molar-refractivity contribution is 5.77. The van der Waals surface area contributed by atoms with E-state index in [1.165, 1.54) is 4.40 Å². The maximum atomic E-state index is 10.8. The molecule has 0 aliphatic rings. The molecular formula is C10H9N3O3. The minimum Gasteiger partial charge on any atom is -0.358 e. The summed E-state index contributed by atoms with van der Waals surface area (Å²) in [6, 6.07) is 4.79. The molecule has 2 heterocycles. The third-order valence-corrected chi connectivity index (χ3v) is 2.35. The van der Waals surface area contributed by atoms with E-state index in [1.807, 2.05) is 6.92 Å². The molecule has 0 atom stereocenters. The molecule has 0 fully saturated rings. The molecule has 0 aliphatic carbocycles. The SMILES string of the molecule is CCc1nc([N+](=O)[O-])c2cccc(C=O)n12. The Balaban J connectivity index is 2.89. The molecule has 0 aromatic carbocycles. The Hall–Kier alpha value is -2.24. The number of rotatable bonds is 3. The predicted octanol–water partition coefficient (Wildman–Crippen LogP) is 1.62. The number of carbonyl (C=O) groups is 1. The summed E-state index contributed by atoms with van der Waals surface area (Å²) < 4.78 is 1.52. The maximum absolute atomic E-state index is 10.8. The van der Waals surface area contributed by atoms with Gasteiger partial charge >= 0.3 is 5.82 Å². The van der Waals surface area contributed by atoms with Crippen molar-refractivity contribution in [3.8, 4) is 0 Å². The van der Waals surface area contributed by atoms with Crippen LogP contribution in [0.5, 0.6) is 0 Å². The summed E-state index contributed by atoms with van der Waals surface area (Å²) in [5, 5.41) is 10.8. The van der Waals surface area contributed by atoms with Gasteiger partial charge < -0.3 is 10.1 Å². The topological polar surface area (TPSA) is 77.5 Å². The van der Waals surface area contributed by atoms with Crippen molar-refractivity contribution < 1.29 is 9.72 Å². The van der Waals surface area contributed by atoms with Crippen molar-refractivity contribution in [2.45, 2.75) is 13.3 Å². The zero-order valence-electron chi connectivity index (χ0n) is 8.58. The lowest BCUT2D eigenvalue weighted by Crippen LogP contribution is -1.99. The van der Waals surface area contributed by atoms with Crippen LogP contribution in [0.2, 0.25) is 0 Å². The molecule has 0 radical (unpaired) electrons. The lowest BCUT2D eigenvalue weighted by molar-refractivity contribution is -0.387. The number of aromatic nitrogens is 2. The van der Waals surface area contributed by atoms with Gasteiger partial charge in [-0.3, -0.25) is 9.20 Å². The van der Waals surface area contributed by atoms with E-state index < -0.39 is 4.92 Å². The minimum absolute atomic E-state index is 0.208. The summed E-state index contributed by atoms with van der Waals surface area (Å²) >= 11 is 0. The Morgan fingerprint density at radius 1 is 1.56 bits per heavy atom. The van der Waals surface area contributed by atoms with Crippen LogP contribution in [-0.4, -0.2) is 20.6 Å². The molecule has 0 unspecified atom stereocenters. The lowest BCUT2D eigenvalue weighted by atomic mass is 10.3. The number of imidazole rings is 1. The number of hydrogen-bond donors (Lipinski definition) is 0. The molecule has 0 N–H and O–H groups in total. The van der Waals surface area contributed by atoms with Crippen molar-refractivity contribution in [3.63, 3.8) is 0 Å². The van der Waals surface area contributed by atoms with Crippen LogP contribution in [-0.2, 0) is 6.42 Å². The summed E-state index contributed by atoms with van der Waals surface area (Å²) in [5.74, 6) is 0.310. The second-order valence-corrected chi connectivity index (χ2v) is 3.25. The summed E-state index contributed by atoms with van der Waals surface area (Å²) in [5.41, 5.74) is 0.724. The predicted molar refractivity (Wildman–Crippen MR) is 56.6 cm³/mol. The maximum Gasteiger partial charge on any atom is 0.389 e. The molecule has 82 valence electrons. The molecule has 6 nitrogen and oxygen atoms in total. The number of carbonyl (C=O) groups excluding carboxylic acids is 1. The second-order valence-electron chi connectivity index (χ2n) is 3.25. The molecular weight excluding hydrogens is 210 g/mol. The van der Waals surface area contributed by atoms with E-state index in [2.05, 4.69) is 4.98 Å². The van der Waals surface area contributed by atoms with Crippen LogP contribution in [0.1, 0.15) is 23.2 Å². The van der Waals surface area contributed by atoms with Gasteiger partial charge in [0.2, 0.25) is 5.82 Å². The summed E-state index contributed by atoms with van der Waals surface area (Å²) in [7, 11) is 0. The number of aldehydes is 1. The molecule has 2 aromatic rings. The van der Waals surface area contributed by atoms with E-state index in [9.17, 15) is 14.9 Å². The van der Waals surface area contributed by atoms with Crippen molar-refractivity contribution in [1.29, 1.82) is 0 Å². The summed E-state index contributed by atoms with van der Waals surface area (Å²) in [6.45, 7) is 1.83. The van der Waals surface area contributed by atoms with Crippen molar-refractivity contribution in [2.75, 3.05) is 0 Å². The fourth-order valence-electron chi connectivity index (χ4n) is 1.68. The molecule has 0 amide bonds. The molecule has 6 heteroatoms. The highest BCUT2D eigenvalue weighted by atomic mass is 16.6. The number of hydrogen-bond acceptors (Lipinski definition) is 4. The first-order chi connectivity index (χ1) is 7.69. The molecule has 2 rings (SSSR count). The van der Waals surface area contributed by atoms with Gasteiger partial charge in [0.15, 0.2) is 6.29 Å².